The number of aromatic nitrogens is 2. The highest BCUT2D eigenvalue weighted by molar-refractivity contribution is 6.03. The fourth-order valence-corrected chi connectivity index (χ4v) is 3.44. The molecule has 1 fully saturated rings. The van der Waals surface area contributed by atoms with E-state index in [1.807, 2.05) is 48.5 Å². The number of hydrogen-bond donors (Lipinski definition) is 2. The molecule has 1 aliphatic rings. The van der Waals surface area contributed by atoms with Crippen LogP contribution in [0.2, 0.25) is 0 Å². The van der Waals surface area contributed by atoms with Gasteiger partial charge in [-0.1, -0.05) is 49.6 Å². The lowest BCUT2D eigenvalue weighted by Gasteiger charge is -2.22. The smallest absolute Gasteiger partial charge is 0.274 e. The maximum absolute atomic E-state index is 12.8. The number of rotatable bonds is 6. The van der Waals surface area contributed by atoms with Gasteiger partial charge in [-0.25, -0.2) is 9.97 Å². The average molecular weight is 388 g/mol. The van der Waals surface area contributed by atoms with E-state index in [4.69, 9.17) is 4.74 Å². The predicted molar refractivity (Wildman–Crippen MR) is 113 cm³/mol. The van der Waals surface area contributed by atoms with Crippen LogP contribution >= 0.6 is 0 Å². The van der Waals surface area contributed by atoms with E-state index in [-0.39, 0.29) is 5.91 Å². The number of nitrogens with zero attached hydrogens (tertiary/aromatic N) is 2. The lowest BCUT2D eigenvalue weighted by Crippen LogP contribution is -2.24. The number of nitrogens with one attached hydrogen (secondary N) is 2. The van der Waals surface area contributed by atoms with Gasteiger partial charge in [0.05, 0.1) is 5.69 Å². The Morgan fingerprint density at radius 2 is 1.69 bits per heavy atom. The fraction of sp³-hybridized carbons (Fsp3) is 0.261. The van der Waals surface area contributed by atoms with Crippen molar-refractivity contribution in [1.82, 2.24) is 9.97 Å². The molecule has 0 unspecified atom stereocenters. The highest BCUT2D eigenvalue weighted by atomic mass is 16.5. The third-order valence-electron chi connectivity index (χ3n) is 4.93. The number of hydrogen-bond acceptors (Lipinski definition) is 5. The highest BCUT2D eigenvalue weighted by Gasteiger charge is 2.16. The number of para-hydroxylation sites is 3. The molecule has 6 nitrogen and oxygen atoms in total. The summed E-state index contributed by atoms with van der Waals surface area (Å²) in [6.45, 7) is 0. The molecule has 0 radical (unpaired) electrons. The van der Waals surface area contributed by atoms with E-state index in [0.717, 1.165) is 12.8 Å². The van der Waals surface area contributed by atoms with Gasteiger partial charge in [0.25, 0.3) is 5.91 Å². The van der Waals surface area contributed by atoms with Gasteiger partial charge in [-0.3, -0.25) is 4.79 Å². The number of ether oxygens (including phenoxy) is 1. The minimum atomic E-state index is -0.303. The summed E-state index contributed by atoms with van der Waals surface area (Å²) in [6, 6.07) is 18.8. The minimum Gasteiger partial charge on any atom is -0.455 e. The van der Waals surface area contributed by atoms with E-state index in [2.05, 4.69) is 20.6 Å². The Labute approximate surface area is 170 Å². The number of benzene rings is 2. The van der Waals surface area contributed by atoms with Crippen LogP contribution in [0.5, 0.6) is 11.5 Å². The summed E-state index contributed by atoms with van der Waals surface area (Å²) in [6.07, 6.45) is 7.56. The molecule has 0 bridgehead atoms. The second-order valence-electron chi connectivity index (χ2n) is 7.11. The number of carbonyl (C=O) groups excluding carboxylic acids is 1. The Balaban J connectivity index is 1.46. The molecule has 0 saturated heterocycles. The first-order valence-corrected chi connectivity index (χ1v) is 10.0. The molecule has 4 rings (SSSR count). The number of anilines is 2. The highest BCUT2D eigenvalue weighted by Crippen LogP contribution is 2.29. The number of amides is 1. The maximum Gasteiger partial charge on any atom is 0.274 e. The molecule has 0 atom stereocenters. The van der Waals surface area contributed by atoms with Gasteiger partial charge in [-0.15, -0.1) is 0 Å². The molecule has 6 heteroatoms. The van der Waals surface area contributed by atoms with Gasteiger partial charge in [0, 0.05) is 12.2 Å². The molecule has 0 aliphatic heterocycles. The lowest BCUT2D eigenvalue weighted by molar-refractivity contribution is 0.102. The van der Waals surface area contributed by atoms with E-state index < -0.39 is 0 Å². The molecule has 2 N–H and O–H groups in total. The molecule has 0 spiro atoms. The van der Waals surface area contributed by atoms with Crippen molar-refractivity contribution in [3.05, 3.63) is 72.6 Å². The Bertz CT molecular complexity index is 956. The molecular weight excluding hydrogens is 364 g/mol. The topological polar surface area (TPSA) is 76.1 Å². The van der Waals surface area contributed by atoms with Gasteiger partial charge in [-0.2, -0.15) is 0 Å². The van der Waals surface area contributed by atoms with Crippen LogP contribution in [-0.4, -0.2) is 21.9 Å². The van der Waals surface area contributed by atoms with Crippen LogP contribution in [-0.2, 0) is 0 Å². The lowest BCUT2D eigenvalue weighted by atomic mass is 9.96. The first-order chi connectivity index (χ1) is 14.3. The van der Waals surface area contributed by atoms with Crippen LogP contribution in [0, 0.1) is 0 Å². The number of carbonyl (C=O) groups is 1. The Morgan fingerprint density at radius 3 is 2.52 bits per heavy atom. The quantitative estimate of drug-likeness (QED) is 0.602. The maximum atomic E-state index is 12.8. The molecular formula is C23H24N4O2. The van der Waals surface area contributed by atoms with Gasteiger partial charge in [0.2, 0.25) is 5.95 Å². The summed E-state index contributed by atoms with van der Waals surface area (Å²) in [5, 5.41) is 6.25. The summed E-state index contributed by atoms with van der Waals surface area (Å²) in [5.41, 5.74) is 0.898. The van der Waals surface area contributed by atoms with E-state index >= 15 is 0 Å². The monoisotopic (exact) mass is 388 g/mol. The molecule has 29 heavy (non-hydrogen) atoms. The van der Waals surface area contributed by atoms with Crippen molar-refractivity contribution < 1.29 is 9.53 Å². The minimum absolute atomic E-state index is 0.303. The van der Waals surface area contributed by atoms with Gasteiger partial charge in [0.1, 0.15) is 11.4 Å². The van der Waals surface area contributed by atoms with Gasteiger partial charge < -0.3 is 15.4 Å². The molecule has 148 valence electrons. The Morgan fingerprint density at radius 1 is 0.931 bits per heavy atom. The van der Waals surface area contributed by atoms with Crippen LogP contribution in [0.15, 0.2) is 66.9 Å². The third-order valence-corrected chi connectivity index (χ3v) is 4.93. The summed E-state index contributed by atoms with van der Waals surface area (Å²) < 4.78 is 5.91. The molecule has 1 aliphatic carbocycles. The Hall–Kier alpha value is -3.41. The van der Waals surface area contributed by atoms with E-state index in [0.29, 0.717) is 34.9 Å². The van der Waals surface area contributed by atoms with Crippen LogP contribution < -0.4 is 15.4 Å². The molecule has 1 aromatic heterocycles. The Kier molecular flexibility index (Phi) is 6.00. The normalized spacial score (nSPS) is 14.2. The van der Waals surface area contributed by atoms with Gasteiger partial charge >= 0.3 is 0 Å². The van der Waals surface area contributed by atoms with Crippen molar-refractivity contribution in [2.24, 2.45) is 0 Å². The van der Waals surface area contributed by atoms with Crippen molar-refractivity contribution in [1.29, 1.82) is 0 Å². The van der Waals surface area contributed by atoms with E-state index in [9.17, 15) is 4.79 Å². The molecule has 3 aromatic rings. The van der Waals surface area contributed by atoms with Crippen LogP contribution in [0.4, 0.5) is 11.6 Å². The third kappa shape index (κ3) is 5.10. The zero-order valence-corrected chi connectivity index (χ0v) is 16.2. The summed E-state index contributed by atoms with van der Waals surface area (Å²) in [4.78, 5) is 21.4. The standard InChI is InChI=1S/C23H24N4O2/c28-22(20-15-16-24-23(27-20)25-17-9-3-1-4-10-17)26-19-13-7-8-14-21(19)29-18-11-5-2-6-12-18/h2,5-8,11-17H,1,3-4,9-10H2,(H,26,28)(H,24,25,27). The molecule has 2 aromatic carbocycles. The van der Waals surface area contributed by atoms with Crippen molar-refractivity contribution in [3.63, 3.8) is 0 Å². The molecule has 1 amide bonds. The van der Waals surface area contributed by atoms with E-state index in [1.54, 1.807) is 18.3 Å². The average Bonchev–Trinajstić information content (AvgIpc) is 2.77. The van der Waals surface area contributed by atoms with Crippen LogP contribution in [0.25, 0.3) is 0 Å². The van der Waals surface area contributed by atoms with Crippen LogP contribution in [0.3, 0.4) is 0 Å². The van der Waals surface area contributed by atoms with Crippen molar-refractivity contribution in [3.8, 4) is 11.5 Å². The van der Waals surface area contributed by atoms with Gasteiger partial charge in [-0.05, 0) is 43.2 Å². The van der Waals surface area contributed by atoms with Crippen LogP contribution in [0.1, 0.15) is 42.6 Å². The SMILES string of the molecule is O=C(Nc1ccccc1Oc1ccccc1)c1ccnc(NC2CCCCC2)n1. The second-order valence-corrected chi connectivity index (χ2v) is 7.11. The second kappa shape index (κ2) is 9.19. The fourth-order valence-electron chi connectivity index (χ4n) is 3.44. The molecule has 1 heterocycles. The summed E-state index contributed by atoms with van der Waals surface area (Å²) >= 11 is 0. The predicted octanol–water partition coefficient (Wildman–Crippen LogP) is 5.27. The first-order valence-electron chi connectivity index (χ1n) is 10.0. The van der Waals surface area contributed by atoms with Crippen molar-refractivity contribution >= 4 is 17.5 Å². The van der Waals surface area contributed by atoms with E-state index in [1.165, 1.54) is 19.3 Å². The summed E-state index contributed by atoms with van der Waals surface area (Å²) in [7, 11) is 0. The zero-order valence-electron chi connectivity index (χ0n) is 16.2. The van der Waals surface area contributed by atoms with Crippen molar-refractivity contribution in [2.75, 3.05) is 10.6 Å². The molecule has 1 saturated carbocycles. The van der Waals surface area contributed by atoms with Gasteiger partial charge in [0.15, 0.2) is 5.75 Å². The summed E-state index contributed by atoms with van der Waals surface area (Å²) in [5.74, 6) is 1.47. The first kappa shape index (κ1) is 18.9. The van der Waals surface area contributed by atoms with Crippen molar-refractivity contribution in [2.45, 2.75) is 38.1 Å². The largest absolute Gasteiger partial charge is 0.455 e. The zero-order chi connectivity index (χ0) is 19.9.